The van der Waals surface area contributed by atoms with Gasteiger partial charge in [-0.2, -0.15) is 0 Å². The molecule has 3 rings (SSSR count). The highest BCUT2D eigenvalue weighted by Gasteiger charge is 2.32. The van der Waals surface area contributed by atoms with E-state index in [9.17, 15) is 4.79 Å². The summed E-state index contributed by atoms with van der Waals surface area (Å²) in [6, 6.07) is 9.03. The summed E-state index contributed by atoms with van der Waals surface area (Å²) in [5.74, 6) is 1.53. The van der Waals surface area contributed by atoms with Gasteiger partial charge in [0.15, 0.2) is 0 Å². The van der Waals surface area contributed by atoms with E-state index in [-0.39, 0.29) is 12.0 Å². The van der Waals surface area contributed by atoms with Crippen LogP contribution in [0.15, 0.2) is 24.3 Å². The maximum atomic E-state index is 12.9. The molecule has 3 heteroatoms. The average Bonchev–Trinajstić information content (AvgIpc) is 2.61. The number of likely N-dealkylation sites (tertiary alicyclic amines) is 1. The lowest BCUT2D eigenvalue weighted by atomic mass is 9.84. The minimum Gasteiger partial charge on any atom is -0.340 e. The van der Waals surface area contributed by atoms with E-state index < -0.39 is 0 Å². The molecule has 1 aliphatic carbocycles. The fourth-order valence-corrected chi connectivity index (χ4v) is 4.32. The molecule has 0 aromatic heterocycles. The molecule has 3 nitrogen and oxygen atoms in total. The lowest BCUT2D eigenvalue weighted by molar-refractivity contribution is -0.138. The van der Waals surface area contributed by atoms with E-state index in [2.05, 4.69) is 43.0 Å². The van der Waals surface area contributed by atoms with Crippen LogP contribution in [-0.4, -0.2) is 29.9 Å². The fourth-order valence-electron chi connectivity index (χ4n) is 4.32. The summed E-state index contributed by atoms with van der Waals surface area (Å²) in [4.78, 5) is 15.0. The summed E-state index contributed by atoms with van der Waals surface area (Å²) in [6.45, 7) is 6.01. The molecule has 1 aliphatic heterocycles. The molecule has 2 unspecified atom stereocenters. The van der Waals surface area contributed by atoms with Gasteiger partial charge in [-0.05, 0) is 36.3 Å². The summed E-state index contributed by atoms with van der Waals surface area (Å²) in [6.07, 6.45) is 6.81. The Kier molecular flexibility index (Phi) is 5.60. The topological polar surface area (TPSA) is 46.3 Å². The normalized spacial score (nSPS) is 25.9. The second-order valence-corrected chi connectivity index (χ2v) is 8.09. The number of amides is 1. The summed E-state index contributed by atoms with van der Waals surface area (Å²) in [7, 11) is 0. The molecule has 24 heavy (non-hydrogen) atoms. The molecule has 1 saturated carbocycles. The molecular formula is C21H32N2O. The van der Waals surface area contributed by atoms with Crippen molar-refractivity contribution in [1.82, 2.24) is 4.90 Å². The van der Waals surface area contributed by atoms with Crippen molar-refractivity contribution in [3.8, 4) is 0 Å². The Hall–Kier alpha value is -1.35. The number of nitrogens with zero attached hydrogens (tertiary/aromatic N) is 1. The lowest BCUT2D eigenvalue weighted by Crippen LogP contribution is -2.50. The molecule has 0 spiro atoms. The van der Waals surface area contributed by atoms with Crippen LogP contribution in [-0.2, 0) is 4.79 Å². The zero-order valence-electron chi connectivity index (χ0n) is 15.2. The Bertz CT molecular complexity index is 545. The Morgan fingerprint density at radius 2 is 1.75 bits per heavy atom. The molecule has 2 N–H and O–H groups in total. The van der Waals surface area contributed by atoms with Crippen molar-refractivity contribution in [2.24, 2.45) is 11.7 Å². The van der Waals surface area contributed by atoms with Gasteiger partial charge in [-0.3, -0.25) is 4.79 Å². The Morgan fingerprint density at radius 1 is 1.08 bits per heavy atom. The van der Waals surface area contributed by atoms with Crippen LogP contribution in [0.3, 0.4) is 0 Å². The van der Waals surface area contributed by atoms with Gasteiger partial charge in [-0.15, -0.1) is 0 Å². The number of carbonyl (C=O) groups excluding carboxylic acids is 1. The van der Waals surface area contributed by atoms with Gasteiger partial charge in [-0.25, -0.2) is 0 Å². The van der Waals surface area contributed by atoms with Crippen LogP contribution in [0.25, 0.3) is 0 Å². The van der Waals surface area contributed by atoms with Gasteiger partial charge in [-0.1, -0.05) is 57.4 Å². The van der Waals surface area contributed by atoms with Gasteiger partial charge in [0.05, 0.1) is 0 Å². The predicted octanol–water partition coefficient (Wildman–Crippen LogP) is 4.03. The van der Waals surface area contributed by atoms with E-state index in [1.165, 1.54) is 30.4 Å². The van der Waals surface area contributed by atoms with E-state index in [0.29, 0.717) is 17.7 Å². The van der Waals surface area contributed by atoms with Crippen LogP contribution >= 0.6 is 0 Å². The first-order valence-electron chi connectivity index (χ1n) is 9.69. The van der Waals surface area contributed by atoms with Crippen LogP contribution in [0.1, 0.15) is 75.3 Å². The number of piperidine rings is 1. The third kappa shape index (κ3) is 4.00. The average molecular weight is 329 g/mol. The van der Waals surface area contributed by atoms with Gasteiger partial charge in [0.25, 0.3) is 0 Å². The van der Waals surface area contributed by atoms with Crippen LogP contribution in [0.4, 0.5) is 0 Å². The monoisotopic (exact) mass is 328 g/mol. The summed E-state index contributed by atoms with van der Waals surface area (Å²) in [5, 5.41) is 0. The summed E-state index contributed by atoms with van der Waals surface area (Å²) in [5.41, 5.74) is 9.00. The van der Waals surface area contributed by atoms with Crippen molar-refractivity contribution < 1.29 is 4.79 Å². The highest BCUT2D eigenvalue weighted by atomic mass is 16.2. The first-order valence-corrected chi connectivity index (χ1v) is 9.69. The van der Waals surface area contributed by atoms with E-state index in [4.69, 9.17) is 5.73 Å². The van der Waals surface area contributed by atoms with Crippen molar-refractivity contribution in [3.05, 3.63) is 35.4 Å². The highest BCUT2D eigenvalue weighted by Crippen LogP contribution is 2.31. The smallest absolute Gasteiger partial charge is 0.225 e. The van der Waals surface area contributed by atoms with Crippen LogP contribution < -0.4 is 5.73 Å². The van der Waals surface area contributed by atoms with Gasteiger partial charge < -0.3 is 10.6 Å². The second-order valence-electron chi connectivity index (χ2n) is 8.09. The molecule has 1 aromatic rings. The highest BCUT2D eigenvalue weighted by molar-refractivity contribution is 5.79. The van der Waals surface area contributed by atoms with Crippen LogP contribution in [0, 0.1) is 5.92 Å². The fraction of sp³-hybridized carbons (Fsp3) is 0.667. The van der Waals surface area contributed by atoms with E-state index in [0.717, 1.165) is 32.4 Å². The van der Waals surface area contributed by atoms with Crippen molar-refractivity contribution in [2.75, 3.05) is 13.1 Å². The zero-order chi connectivity index (χ0) is 17.1. The molecule has 2 atom stereocenters. The summed E-state index contributed by atoms with van der Waals surface area (Å²) >= 11 is 0. The Labute approximate surface area is 146 Å². The lowest BCUT2D eigenvalue weighted by Gasteiger charge is -2.39. The molecule has 1 amide bonds. The standard InChI is InChI=1S/C21H32N2O/c1-15(2)16-8-10-17(11-9-16)19-12-20(22)14-23(13-19)21(24)18-6-4-3-5-7-18/h8-11,15,18-20H,3-7,12-14,22H2,1-2H3. The zero-order valence-corrected chi connectivity index (χ0v) is 15.2. The third-order valence-electron chi connectivity index (χ3n) is 5.82. The third-order valence-corrected chi connectivity index (χ3v) is 5.82. The number of hydrogen-bond donors (Lipinski definition) is 1. The number of rotatable bonds is 3. The number of hydrogen-bond acceptors (Lipinski definition) is 2. The van der Waals surface area contributed by atoms with E-state index in [1.54, 1.807) is 0 Å². The first kappa shape index (κ1) is 17.5. The Balaban J connectivity index is 1.69. The first-order chi connectivity index (χ1) is 11.5. The maximum absolute atomic E-state index is 12.9. The summed E-state index contributed by atoms with van der Waals surface area (Å²) < 4.78 is 0. The van der Waals surface area contributed by atoms with Crippen molar-refractivity contribution in [1.29, 1.82) is 0 Å². The van der Waals surface area contributed by atoms with Gasteiger partial charge in [0.1, 0.15) is 0 Å². The van der Waals surface area contributed by atoms with Crippen molar-refractivity contribution >= 4 is 5.91 Å². The molecule has 1 heterocycles. The second kappa shape index (κ2) is 7.69. The molecule has 0 radical (unpaired) electrons. The predicted molar refractivity (Wildman–Crippen MR) is 99.0 cm³/mol. The maximum Gasteiger partial charge on any atom is 0.225 e. The van der Waals surface area contributed by atoms with E-state index >= 15 is 0 Å². The molecule has 132 valence electrons. The molecule has 1 aromatic carbocycles. The molecule has 2 fully saturated rings. The molecule has 1 saturated heterocycles. The van der Waals surface area contributed by atoms with Gasteiger partial charge >= 0.3 is 0 Å². The van der Waals surface area contributed by atoms with Gasteiger partial charge in [0, 0.05) is 31.0 Å². The van der Waals surface area contributed by atoms with Crippen molar-refractivity contribution in [2.45, 2.75) is 70.3 Å². The minimum absolute atomic E-state index is 0.0982. The molecule has 2 aliphatic rings. The van der Waals surface area contributed by atoms with Crippen LogP contribution in [0.5, 0.6) is 0 Å². The number of nitrogens with two attached hydrogens (primary N) is 1. The van der Waals surface area contributed by atoms with Crippen LogP contribution in [0.2, 0.25) is 0 Å². The van der Waals surface area contributed by atoms with Gasteiger partial charge in [0.2, 0.25) is 5.91 Å². The largest absolute Gasteiger partial charge is 0.340 e. The molecule has 0 bridgehead atoms. The number of carbonyl (C=O) groups is 1. The SMILES string of the molecule is CC(C)c1ccc(C2CC(N)CN(C(=O)C3CCCCC3)C2)cc1. The van der Waals surface area contributed by atoms with E-state index in [1.807, 2.05) is 0 Å². The Morgan fingerprint density at radius 3 is 2.38 bits per heavy atom. The molecular weight excluding hydrogens is 296 g/mol. The minimum atomic E-state index is 0.0982. The quantitative estimate of drug-likeness (QED) is 0.910. The number of benzene rings is 1. The van der Waals surface area contributed by atoms with Crippen molar-refractivity contribution in [3.63, 3.8) is 0 Å².